The highest BCUT2D eigenvalue weighted by Gasteiger charge is 2.14. The van der Waals surface area contributed by atoms with Crippen molar-refractivity contribution in [3.8, 4) is 11.5 Å². The van der Waals surface area contributed by atoms with Crippen LogP contribution in [0.3, 0.4) is 0 Å². The lowest BCUT2D eigenvalue weighted by atomic mass is 10.0. The second-order valence-corrected chi connectivity index (χ2v) is 8.60. The van der Waals surface area contributed by atoms with E-state index in [0.717, 1.165) is 37.3 Å². The zero-order chi connectivity index (χ0) is 20.3. The number of thiazole rings is 1. The molecule has 0 aliphatic carbocycles. The molecule has 0 unspecified atom stereocenters. The molecule has 7 heteroatoms. The number of benzene rings is 2. The minimum atomic E-state index is -0.237. The number of halogens is 1. The van der Waals surface area contributed by atoms with Crippen molar-refractivity contribution >= 4 is 48.5 Å². The summed E-state index contributed by atoms with van der Waals surface area (Å²) in [5.74, 6) is 1.58. The first-order valence-electron chi connectivity index (χ1n) is 9.13. The van der Waals surface area contributed by atoms with Gasteiger partial charge in [-0.15, -0.1) is 0 Å². The summed E-state index contributed by atoms with van der Waals surface area (Å²) >= 11 is 4.97. The zero-order valence-electron chi connectivity index (χ0n) is 16.3. The van der Waals surface area contributed by atoms with Gasteiger partial charge < -0.3 is 9.47 Å². The lowest BCUT2D eigenvalue weighted by Crippen LogP contribution is -2.20. The van der Waals surface area contributed by atoms with Crippen LogP contribution < -0.4 is 14.8 Å². The third-order valence-corrected chi connectivity index (χ3v) is 5.98. The van der Waals surface area contributed by atoms with Crippen molar-refractivity contribution in [1.29, 1.82) is 0 Å². The van der Waals surface area contributed by atoms with E-state index in [4.69, 9.17) is 9.47 Å². The number of amides is 1. The number of nitrogens with zero attached hydrogens (tertiary/aromatic N) is 1. The number of ether oxygens (including phenoxy) is 2. The number of hydrogen-bond acceptors (Lipinski definition) is 5. The quantitative estimate of drug-likeness (QED) is 0.474. The summed E-state index contributed by atoms with van der Waals surface area (Å²) < 4.78 is 13.3. The molecule has 28 heavy (non-hydrogen) atoms. The Kier molecular flexibility index (Phi) is 6.57. The largest absolute Gasteiger partial charge is 0.494 e. The first kappa shape index (κ1) is 20.6. The van der Waals surface area contributed by atoms with E-state index in [2.05, 4.69) is 46.1 Å². The van der Waals surface area contributed by atoms with E-state index in [1.54, 1.807) is 0 Å². The van der Waals surface area contributed by atoms with Crippen molar-refractivity contribution in [1.82, 2.24) is 4.98 Å². The van der Waals surface area contributed by atoms with Crippen LogP contribution in [0, 0.1) is 6.92 Å². The molecule has 0 aliphatic heterocycles. The standard InChI is InChI=1S/C21H23BrN2O3S/c1-5-26-14-6-7-17-19(9-14)28-21(23-17)24-20(25)11-27-18-8-13(4)16(22)10-15(18)12(2)3/h6-10,12H,5,11H2,1-4H3,(H,23,24,25). The van der Waals surface area contributed by atoms with E-state index < -0.39 is 0 Å². The Balaban J connectivity index is 1.68. The highest BCUT2D eigenvalue weighted by molar-refractivity contribution is 9.10. The van der Waals surface area contributed by atoms with Crippen LogP contribution in [0.25, 0.3) is 10.2 Å². The van der Waals surface area contributed by atoms with Crippen LogP contribution in [0.1, 0.15) is 37.8 Å². The number of nitrogens with one attached hydrogen (secondary N) is 1. The SMILES string of the molecule is CCOc1ccc2nc(NC(=O)COc3cc(C)c(Br)cc3C(C)C)sc2c1. The van der Waals surface area contributed by atoms with Gasteiger partial charge in [0.15, 0.2) is 11.7 Å². The van der Waals surface area contributed by atoms with E-state index in [9.17, 15) is 4.79 Å². The summed E-state index contributed by atoms with van der Waals surface area (Å²) in [6.07, 6.45) is 0. The fraction of sp³-hybridized carbons (Fsp3) is 0.333. The van der Waals surface area contributed by atoms with Crippen LogP contribution in [0.2, 0.25) is 0 Å². The van der Waals surface area contributed by atoms with E-state index >= 15 is 0 Å². The molecule has 3 rings (SSSR count). The Morgan fingerprint density at radius 2 is 2.04 bits per heavy atom. The van der Waals surface area contributed by atoms with Gasteiger partial charge in [0, 0.05) is 4.47 Å². The van der Waals surface area contributed by atoms with Gasteiger partial charge in [0.25, 0.3) is 5.91 Å². The average molecular weight is 463 g/mol. The summed E-state index contributed by atoms with van der Waals surface area (Å²) in [5, 5.41) is 3.37. The topological polar surface area (TPSA) is 60.5 Å². The monoisotopic (exact) mass is 462 g/mol. The fourth-order valence-electron chi connectivity index (χ4n) is 2.76. The van der Waals surface area contributed by atoms with Crippen molar-refractivity contribution in [2.75, 3.05) is 18.5 Å². The third kappa shape index (κ3) is 4.83. The highest BCUT2D eigenvalue weighted by Crippen LogP contribution is 2.32. The van der Waals surface area contributed by atoms with Gasteiger partial charge in [-0.3, -0.25) is 10.1 Å². The summed E-state index contributed by atoms with van der Waals surface area (Å²) in [7, 11) is 0. The maximum atomic E-state index is 12.4. The Bertz CT molecular complexity index is 1000. The predicted octanol–water partition coefficient (Wildman–Crippen LogP) is 5.91. The molecule has 0 saturated heterocycles. The average Bonchev–Trinajstić information content (AvgIpc) is 3.03. The summed E-state index contributed by atoms with van der Waals surface area (Å²) in [6.45, 7) is 8.68. The second-order valence-electron chi connectivity index (χ2n) is 6.71. The lowest BCUT2D eigenvalue weighted by molar-refractivity contribution is -0.118. The molecule has 3 aromatic rings. The maximum absolute atomic E-state index is 12.4. The van der Waals surface area contributed by atoms with Gasteiger partial charge >= 0.3 is 0 Å². The van der Waals surface area contributed by atoms with Gasteiger partial charge in [0.1, 0.15) is 11.5 Å². The van der Waals surface area contributed by atoms with Crippen molar-refractivity contribution < 1.29 is 14.3 Å². The minimum absolute atomic E-state index is 0.0685. The number of anilines is 1. The molecule has 5 nitrogen and oxygen atoms in total. The van der Waals surface area contributed by atoms with Crippen molar-refractivity contribution in [3.63, 3.8) is 0 Å². The Labute approximate surface area is 177 Å². The molecular formula is C21H23BrN2O3S. The van der Waals surface area contributed by atoms with Crippen LogP contribution in [0.5, 0.6) is 11.5 Å². The van der Waals surface area contributed by atoms with Crippen molar-refractivity contribution in [2.24, 2.45) is 0 Å². The van der Waals surface area contributed by atoms with Crippen LogP contribution in [-0.4, -0.2) is 24.1 Å². The molecule has 148 valence electrons. The smallest absolute Gasteiger partial charge is 0.264 e. The summed E-state index contributed by atoms with van der Waals surface area (Å²) in [5.41, 5.74) is 2.96. The number of carbonyl (C=O) groups excluding carboxylic acids is 1. The summed E-state index contributed by atoms with van der Waals surface area (Å²) in [6, 6.07) is 9.71. The molecular weight excluding hydrogens is 440 g/mol. The molecule has 0 atom stereocenters. The number of aryl methyl sites for hydroxylation is 1. The molecule has 0 radical (unpaired) electrons. The molecule has 1 amide bonds. The van der Waals surface area contributed by atoms with Crippen molar-refractivity contribution in [2.45, 2.75) is 33.6 Å². The van der Waals surface area contributed by atoms with E-state index in [1.807, 2.05) is 38.1 Å². The van der Waals surface area contributed by atoms with E-state index in [1.165, 1.54) is 11.3 Å². The zero-order valence-corrected chi connectivity index (χ0v) is 18.7. The number of rotatable bonds is 7. The molecule has 1 heterocycles. The van der Waals surface area contributed by atoms with Crippen LogP contribution >= 0.6 is 27.3 Å². The number of aromatic nitrogens is 1. The Morgan fingerprint density at radius 3 is 2.75 bits per heavy atom. The molecule has 0 fully saturated rings. The van der Waals surface area contributed by atoms with Gasteiger partial charge in [0.05, 0.1) is 16.8 Å². The first-order valence-corrected chi connectivity index (χ1v) is 10.7. The van der Waals surface area contributed by atoms with Crippen LogP contribution in [0.15, 0.2) is 34.8 Å². The number of fused-ring (bicyclic) bond motifs is 1. The number of carbonyl (C=O) groups is 1. The lowest BCUT2D eigenvalue weighted by Gasteiger charge is -2.15. The Morgan fingerprint density at radius 1 is 1.25 bits per heavy atom. The maximum Gasteiger partial charge on any atom is 0.264 e. The van der Waals surface area contributed by atoms with Gasteiger partial charge in [-0.25, -0.2) is 4.98 Å². The second kappa shape index (κ2) is 8.92. The van der Waals surface area contributed by atoms with Crippen LogP contribution in [0.4, 0.5) is 5.13 Å². The van der Waals surface area contributed by atoms with Gasteiger partial charge in [0.2, 0.25) is 0 Å². The molecule has 0 spiro atoms. The highest BCUT2D eigenvalue weighted by atomic mass is 79.9. The van der Waals surface area contributed by atoms with E-state index in [0.29, 0.717) is 17.7 Å². The van der Waals surface area contributed by atoms with Crippen LogP contribution in [-0.2, 0) is 4.79 Å². The first-order chi connectivity index (χ1) is 13.4. The number of hydrogen-bond donors (Lipinski definition) is 1. The summed E-state index contributed by atoms with van der Waals surface area (Å²) in [4.78, 5) is 16.8. The molecule has 1 N–H and O–H groups in total. The minimum Gasteiger partial charge on any atom is -0.494 e. The third-order valence-electron chi connectivity index (χ3n) is 4.19. The van der Waals surface area contributed by atoms with Gasteiger partial charge in [-0.05, 0) is 61.2 Å². The van der Waals surface area contributed by atoms with E-state index in [-0.39, 0.29) is 12.5 Å². The predicted molar refractivity (Wildman–Crippen MR) is 118 cm³/mol. The molecule has 0 aliphatic rings. The van der Waals surface area contributed by atoms with Gasteiger partial charge in [-0.2, -0.15) is 0 Å². The molecule has 1 aromatic heterocycles. The van der Waals surface area contributed by atoms with Gasteiger partial charge in [-0.1, -0.05) is 41.1 Å². The molecule has 2 aromatic carbocycles. The molecule has 0 saturated carbocycles. The Hall–Kier alpha value is -2.12. The molecule has 0 bridgehead atoms. The normalized spacial score (nSPS) is 11.1. The van der Waals surface area contributed by atoms with Crippen molar-refractivity contribution in [3.05, 3.63) is 45.9 Å². The fourth-order valence-corrected chi connectivity index (χ4v) is 4.03.